The Morgan fingerprint density at radius 3 is 2.13 bits per heavy atom. The number of rotatable bonds is 5. The van der Waals surface area contributed by atoms with Crippen LogP contribution in [0.4, 0.5) is 0 Å². The Morgan fingerprint density at radius 2 is 1.58 bits per heavy atom. The third-order valence-electron chi connectivity index (χ3n) is 6.28. The number of aryl methyl sites for hydroxylation is 2. The van der Waals surface area contributed by atoms with Crippen LogP contribution in [0.15, 0.2) is 26.9 Å². The lowest BCUT2D eigenvalue weighted by atomic mass is 9.60. The first-order chi connectivity index (χ1) is 14.4. The van der Waals surface area contributed by atoms with Crippen molar-refractivity contribution in [2.24, 2.45) is 10.8 Å². The number of hydrogen-bond donors (Lipinski definition) is 1. The zero-order valence-corrected chi connectivity index (χ0v) is 18.9. The van der Waals surface area contributed by atoms with Crippen molar-refractivity contribution in [3.05, 3.63) is 39.4 Å². The summed E-state index contributed by atoms with van der Waals surface area (Å²) in [5.41, 5.74) is -1.56. The molecule has 1 heterocycles. The number of fused-ring (bicyclic) bond motifs is 1. The molecule has 0 amide bonds. The van der Waals surface area contributed by atoms with Crippen LogP contribution in [0.5, 0.6) is 0 Å². The Hall–Kier alpha value is -2.96. The van der Waals surface area contributed by atoms with E-state index in [-0.39, 0.29) is 11.1 Å². The molecule has 2 aromatic rings. The number of aromatic nitrogens is 1. The van der Waals surface area contributed by atoms with Crippen molar-refractivity contribution in [3.63, 3.8) is 0 Å². The van der Waals surface area contributed by atoms with Gasteiger partial charge in [-0.05, 0) is 58.7 Å². The van der Waals surface area contributed by atoms with Crippen LogP contribution in [0.3, 0.4) is 0 Å². The van der Waals surface area contributed by atoms with E-state index in [0.29, 0.717) is 23.2 Å². The van der Waals surface area contributed by atoms with Gasteiger partial charge in [-0.3, -0.25) is 19.0 Å². The quantitative estimate of drug-likeness (QED) is 0.253. The third-order valence-corrected chi connectivity index (χ3v) is 6.28. The summed E-state index contributed by atoms with van der Waals surface area (Å²) >= 11 is 0. The summed E-state index contributed by atoms with van der Waals surface area (Å²) in [5, 5.41) is 11.1. The Bertz CT molecular complexity index is 1160. The van der Waals surface area contributed by atoms with Crippen molar-refractivity contribution >= 4 is 34.2 Å². The third kappa shape index (κ3) is 3.36. The van der Waals surface area contributed by atoms with Crippen molar-refractivity contribution in [3.8, 4) is 0 Å². The number of benzene rings is 1. The van der Waals surface area contributed by atoms with Gasteiger partial charge in [0.1, 0.15) is 11.3 Å². The number of allylic oxidation sites excluding steroid dienone is 1. The summed E-state index contributed by atoms with van der Waals surface area (Å²) in [6.45, 7) is 10.1. The van der Waals surface area contributed by atoms with E-state index >= 15 is 0 Å². The summed E-state index contributed by atoms with van der Waals surface area (Å²) in [5.74, 6) is -2.84. The molecule has 7 nitrogen and oxygen atoms in total. The van der Waals surface area contributed by atoms with Gasteiger partial charge in [0, 0.05) is 12.1 Å². The summed E-state index contributed by atoms with van der Waals surface area (Å²) in [4.78, 5) is 51.2. The highest BCUT2D eigenvalue weighted by Crippen LogP contribution is 2.43. The molecular formula is C24H29NO6. The number of hydrogen-bond acceptors (Lipinski definition) is 6. The largest absolute Gasteiger partial charge is 0.506 e. The van der Waals surface area contributed by atoms with E-state index in [1.54, 1.807) is 13.0 Å². The molecule has 0 aliphatic heterocycles. The number of ketones is 3. The molecule has 1 aliphatic rings. The predicted octanol–water partition coefficient (Wildman–Crippen LogP) is 4.14. The number of aliphatic hydroxyl groups excluding tert-OH is 1. The molecule has 3 rings (SSSR count). The fourth-order valence-corrected chi connectivity index (χ4v) is 4.38. The average molecular weight is 427 g/mol. The topological polar surface area (TPSA) is 107 Å². The molecule has 0 atom stereocenters. The lowest BCUT2D eigenvalue weighted by Crippen LogP contribution is -2.54. The molecule has 1 saturated carbocycles. The molecule has 31 heavy (non-hydrogen) atoms. The molecule has 1 aromatic carbocycles. The van der Waals surface area contributed by atoms with Crippen LogP contribution in [0, 0.1) is 17.8 Å². The number of nitrogens with zero attached hydrogens (tertiary/aromatic N) is 1. The summed E-state index contributed by atoms with van der Waals surface area (Å²) < 4.78 is 6.86. The van der Waals surface area contributed by atoms with Crippen LogP contribution >= 0.6 is 0 Å². The monoisotopic (exact) mass is 427 g/mol. The molecule has 1 aromatic heterocycles. The van der Waals surface area contributed by atoms with Gasteiger partial charge in [0.2, 0.25) is 0 Å². The molecule has 1 N–H and O–H groups in total. The lowest BCUT2D eigenvalue weighted by Gasteiger charge is -2.37. The number of carbonyl (C=O) groups is 3. The predicted molar refractivity (Wildman–Crippen MR) is 117 cm³/mol. The van der Waals surface area contributed by atoms with Crippen molar-refractivity contribution in [2.45, 2.75) is 67.3 Å². The van der Waals surface area contributed by atoms with Crippen LogP contribution in [-0.4, -0.2) is 27.0 Å². The molecule has 0 unspecified atom stereocenters. The first-order valence-corrected chi connectivity index (χ1v) is 10.6. The molecule has 0 spiro atoms. The van der Waals surface area contributed by atoms with E-state index in [4.69, 9.17) is 4.42 Å². The first-order valence-electron chi connectivity index (χ1n) is 10.6. The van der Waals surface area contributed by atoms with Gasteiger partial charge < -0.3 is 9.52 Å². The normalized spacial score (nSPS) is 18.1. The number of oxazole rings is 1. The van der Waals surface area contributed by atoms with Gasteiger partial charge in [-0.1, -0.05) is 19.8 Å². The summed E-state index contributed by atoms with van der Waals surface area (Å²) in [7, 11) is 0. The molecule has 7 heteroatoms. The van der Waals surface area contributed by atoms with Gasteiger partial charge in [-0.2, -0.15) is 0 Å². The van der Waals surface area contributed by atoms with Gasteiger partial charge in [-0.25, -0.2) is 4.79 Å². The highest BCUT2D eigenvalue weighted by atomic mass is 16.4. The van der Waals surface area contributed by atoms with E-state index < -0.39 is 39.7 Å². The number of carbonyl (C=O) groups excluding carboxylic acids is 3. The van der Waals surface area contributed by atoms with Crippen molar-refractivity contribution in [2.75, 3.05) is 0 Å². The Labute approximate surface area is 180 Å². The highest BCUT2D eigenvalue weighted by molar-refractivity contribution is 6.40. The fourth-order valence-electron chi connectivity index (χ4n) is 4.38. The Kier molecular flexibility index (Phi) is 5.59. The maximum atomic E-state index is 13.1. The molecule has 166 valence electrons. The van der Waals surface area contributed by atoms with Gasteiger partial charge in [-0.15, -0.1) is 0 Å². The number of Topliss-reactive ketones (excluding diaryl/α,β-unsaturated/α-hetero) is 3. The minimum absolute atomic E-state index is 0.259. The smallest absolute Gasteiger partial charge is 0.419 e. The maximum absolute atomic E-state index is 13.1. The van der Waals surface area contributed by atoms with Crippen molar-refractivity contribution in [1.29, 1.82) is 0 Å². The second kappa shape index (κ2) is 7.62. The Morgan fingerprint density at radius 1 is 1.00 bits per heavy atom. The van der Waals surface area contributed by atoms with Gasteiger partial charge in [0.25, 0.3) is 0 Å². The van der Waals surface area contributed by atoms with Crippen LogP contribution in [0.1, 0.15) is 65.0 Å². The lowest BCUT2D eigenvalue weighted by molar-refractivity contribution is -0.151. The Balaban J connectivity index is 2.24. The van der Waals surface area contributed by atoms with E-state index in [2.05, 4.69) is 6.92 Å². The van der Waals surface area contributed by atoms with E-state index in [1.165, 1.54) is 38.3 Å². The van der Waals surface area contributed by atoms with Crippen LogP contribution in [0.2, 0.25) is 0 Å². The van der Waals surface area contributed by atoms with Crippen molar-refractivity contribution in [1.82, 2.24) is 4.57 Å². The molecular weight excluding hydrogens is 398 g/mol. The molecule has 0 radical (unpaired) electrons. The molecule has 0 saturated heterocycles. The van der Waals surface area contributed by atoms with Crippen LogP contribution < -0.4 is 5.76 Å². The van der Waals surface area contributed by atoms with Gasteiger partial charge in [0.15, 0.2) is 22.9 Å². The van der Waals surface area contributed by atoms with Crippen molar-refractivity contribution < 1.29 is 23.9 Å². The summed E-state index contributed by atoms with van der Waals surface area (Å²) in [6, 6.07) is 3.07. The maximum Gasteiger partial charge on any atom is 0.419 e. The average Bonchev–Trinajstić information content (AvgIpc) is 3.02. The first kappa shape index (κ1) is 22.7. The summed E-state index contributed by atoms with van der Waals surface area (Å²) in [6.07, 6.45) is 2.74. The fraction of sp³-hybridized carbons (Fsp3) is 0.500. The zero-order valence-electron chi connectivity index (χ0n) is 18.9. The minimum Gasteiger partial charge on any atom is -0.506 e. The van der Waals surface area contributed by atoms with E-state index in [0.717, 1.165) is 19.3 Å². The van der Waals surface area contributed by atoms with E-state index in [1.807, 2.05) is 0 Å². The highest BCUT2D eigenvalue weighted by Gasteiger charge is 2.56. The second-order valence-electron chi connectivity index (χ2n) is 9.27. The molecule has 1 fully saturated rings. The van der Waals surface area contributed by atoms with Crippen LogP contribution in [0.25, 0.3) is 16.9 Å². The van der Waals surface area contributed by atoms with E-state index in [9.17, 15) is 24.3 Å². The van der Waals surface area contributed by atoms with Crippen LogP contribution in [-0.2, 0) is 20.9 Å². The SMILES string of the molecule is CCCCCn1c(=O)oc2ccc(C(O)=C3C(=O)C(C)(C)C(=O)C(C)(C)C3=O)c(C)c21. The van der Waals surface area contributed by atoms with Gasteiger partial charge in [0.05, 0.1) is 16.3 Å². The zero-order chi connectivity index (χ0) is 23.3. The number of aliphatic hydroxyl groups is 1. The number of unbranched alkanes of at least 4 members (excludes halogenated alkanes) is 2. The minimum atomic E-state index is -1.43. The molecule has 0 bridgehead atoms. The van der Waals surface area contributed by atoms with Gasteiger partial charge >= 0.3 is 5.76 Å². The molecule has 1 aliphatic carbocycles. The standard InChI is InChI=1S/C24H29NO6/c1-7-8-9-12-25-17-13(2)14(10-11-15(17)31-22(25)30)18(26)16-19(27)23(3,4)21(29)24(5,6)20(16)28/h10-11,26H,7-9,12H2,1-6H3. The second-order valence-corrected chi connectivity index (χ2v) is 9.27.